The molecule has 1 atom stereocenters. The molecule has 1 unspecified atom stereocenters. The second-order valence-corrected chi connectivity index (χ2v) is 2.22. The number of rotatable bonds is 2. The summed E-state index contributed by atoms with van der Waals surface area (Å²) in [6, 6.07) is 0. The third-order valence-electron chi connectivity index (χ3n) is 1.19. The quantitative estimate of drug-likeness (QED) is 0.565. The monoisotopic (exact) mass is 142 g/mol. The molecule has 0 aromatic carbocycles. The van der Waals surface area contributed by atoms with E-state index in [4.69, 9.17) is 5.11 Å². The molecule has 0 spiro atoms. The Bertz CT molecular complexity index is 45.8. The van der Waals surface area contributed by atoms with Crippen molar-refractivity contribution in [1.82, 2.24) is 0 Å². The molecule has 0 bridgehead atoms. The maximum atomic E-state index is 8.94. The molecule has 0 rings (SSSR count). The van der Waals surface area contributed by atoms with Gasteiger partial charge in [0, 0.05) is 0 Å². The number of aliphatic hydroxyl groups excluding tert-OH is 1. The molecule has 1 N–H and O–H groups in total. The van der Waals surface area contributed by atoms with Gasteiger partial charge in [-0.3, -0.25) is 0 Å². The summed E-state index contributed by atoms with van der Waals surface area (Å²) in [4.78, 5) is 0. The molecule has 0 radical (unpaired) electrons. The number of hydrogen-bond donors (Lipinski definition) is 1. The van der Waals surface area contributed by atoms with Gasteiger partial charge in [-0.15, -0.1) is 0 Å². The van der Waals surface area contributed by atoms with Gasteiger partial charge in [-0.05, 0) is 12.3 Å². The summed E-state index contributed by atoms with van der Waals surface area (Å²) in [7, 11) is 0. The molecule has 0 aliphatic carbocycles. The topological polar surface area (TPSA) is 20.2 Å². The van der Waals surface area contributed by atoms with E-state index in [9.17, 15) is 0 Å². The minimum atomic E-state index is -0.0972. The Hall–Kier alpha value is 1.60. The molecular weight excluding hydrogens is 127 g/mol. The zero-order valence-corrected chi connectivity index (χ0v) is 5.31. The summed E-state index contributed by atoms with van der Waals surface area (Å²) < 4.78 is 0. The molecule has 0 amide bonds. The molecule has 0 heterocycles. The van der Waals surface area contributed by atoms with Gasteiger partial charge in [0.05, 0.1) is 6.10 Å². The van der Waals surface area contributed by atoms with Gasteiger partial charge in [-0.2, -0.15) is 0 Å². The molecule has 0 fully saturated rings. The standard InChI is InChI=1S/C6H14O.K.H/c1-4-6(7)5(2)3;;/h5-7H,4H2,1-3H3;;. The van der Waals surface area contributed by atoms with Crippen molar-refractivity contribution >= 4 is 51.4 Å². The van der Waals surface area contributed by atoms with Crippen LogP contribution in [-0.2, 0) is 0 Å². The van der Waals surface area contributed by atoms with E-state index in [1.54, 1.807) is 0 Å². The Morgan fingerprint density at radius 1 is 1.38 bits per heavy atom. The van der Waals surface area contributed by atoms with Crippen LogP contribution in [0.25, 0.3) is 0 Å². The van der Waals surface area contributed by atoms with Crippen molar-refractivity contribution in [3.63, 3.8) is 0 Å². The fraction of sp³-hybridized carbons (Fsp3) is 1.00. The van der Waals surface area contributed by atoms with Crippen molar-refractivity contribution < 1.29 is 5.11 Å². The second kappa shape index (κ2) is 6.71. The SMILES string of the molecule is CCC(O)C(C)C.[KH]. The first-order valence-corrected chi connectivity index (χ1v) is 2.86. The van der Waals surface area contributed by atoms with Crippen molar-refractivity contribution in [1.29, 1.82) is 0 Å². The van der Waals surface area contributed by atoms with Gasteiger partial charge in [0.25, 0.3) is 0 Å². The number of aliphatic hydroxyl groups is 1. The van der Waals surface area contributed by atoms with Crippen LogP contribution in [0.5, 0.6) is 0 Å². The average Bonchev–Trinajstić information content (AvgIpc) is 1.65. The Morgan fingerprint density at radius 2 is 1.75 bits per heavy atom. The predicted octanol–water partition coefficient (Wildman–Crippen LogP) is 0.765. The van der Waals surface area contributed by atoms with Crippen LogP contribution in [0.4, 0.5) is 0 Å². The van der Waals surface area contributed by atoms with Gasteiger partial charge in [-0.1, -0.05) is 20.8 Å². The second-order valence-electron chi connectivity index (χ2n) is 2.22. The van der Waals surface area contributed by atoms with E-state index < -0.39 is 0 Å². The molecule has 46 valence electrons. The van der Waals surface area contributed by atoms with Crippen LogP contribution < -0.4 is 0 Å². The molecule has 0 saturated carbocycles. The fourth-order valence-electron chi connectivity index (χ4n) is 0.471. The molecule has 0 aliphatic rings. The van der Waals surface area contributed by atoms with Crippen LogP contribution in [0.3, 0.4) is 0 Å². The molecule has 0 aliphatic heterocycles. The third kappa shape index (κ3) is 5.73. The first-order valence-electron chi connectivity index (χ1n) is 2.86. The van der Waals surface area contributed by atoms with Gasteiger partial charge in [-0.25, -0.2) is 0 Å². The third-order valence-corrected chi connectivity index (χ3v) is 1.19. The van der Waals surface area contributed by atoms with Crippen LogP contribution in [0.1, 0.15) is 27.2 Å². The van der Waals surface area contributed by atoms with E-state index in [1.165, 1.54) is 0 Å². The molecule has 0 aromatic heterocycles. The first-order chi connectivity index (χ1) is 3.18. The summed E-state index contributed by atoms with van der Waals surface area (Å²) >= 11 is 0. The van der Waals surface area contributed by atoms with Gasteiger partial charge in [0.1, 0.15) is 0 Å². The van der Waals surface area contributed by atoms with E-state index in [-0.39, 0.29) is 57.5 Å². The van der Waals surface area contributed by atoms with Crippen molar-refractivity contribution in [2.75, 3.05) is 0 Å². The van der Waals surface area contributed by atoms with E-state index >= 15 is 0 Å². The number of hydrogen-bond acceptors (Lipinski definition) is 1. The molecule has 2 heteroatoms. The molecule has 0 aromatic rings. The predicted molar refractivity (Wildman–Crippen MR) is 38.3 cm³/mol. The maximum absolute atomic E-state index is 8.94. The van der Waals surface area contributed by atoms with E-state index in [1.807, 2.05) is 20.8 Å². The summed E-state index contributed by atoms with van der Waals surface area (Å²) in [6.45, 7) is 6.03. The van der Waals surface area contributed by atoms with Crippen LogP contribution >= 0.6 is 0 Å². The fourth-order valence-corrected chi connectivity index (χ4v) is 0.471. The zero-order valence-electron chi connectivity index (χ0n) is 5.31. The normalized spacial score (nSPS) is 13.1. The summed E-state index contributed by atoms with van der Waals surface area (Å²) in [6.07, 6.45) is 0.775. The summed E-state index contributed by atoms with van der Waals surface area (Å²) in [5.41, 5.74) is 0. The van der Waals surface area contributed by atoms with Gasteiger partial charge < -0.3 is 5.11 Å². The Morgan fingerprint density at radius 3 is 1.75 bits per heavy atom. The first kappa shape index (κ1) is 12.3. The summed E-state index contributed by atoms with van der Waals surface area (Å²) in [5.74, 6) is 0.421. The Labute approximate surface area is 94.3 Å². The zero-order chi connectivity index (χ0) is 5.86. The van der Waals surface area contributed by atoms with Gasteiger partial charge in [0.15, 0.2) is 0 Å². The Balaban J connectivity index is 0. The van der Waals surface area contributed by atoms with Crippen molar-refractivity contribution in [2.24, 2.45) is 5.92 Å². The van der Waals surface area contributed by atoms with Crippen LogP contribution in [0.15, 0.2) is 0 Å². The van der Waals surface area contributed by atoms with Crippen molar-refractivity contribution in [3.8, 4) is 0 Å². The molecule has 8 heavy (non-hydrogen) atoms. The molecular formula is C6H15KO. The molecule has 1 nitrogen and oxygen atoms in total. The van der Waals surface area contributed by atoms with Crippen LogP contribution in [-0.4, -0.2) is 62.6 Å². The molecule has 0 saturated heterocycles. The minimum absolute atomic E-state index is 0. The van der Waals surface area contributed by atoms with Gasteiger partial charge in [0.2, 0.25) is 0 Å². The Kier molecular flexibility index (Phi) is 10.3. The van der Waals surface area contributed by atoms with Gasteiger partial charge >= 0.3 is 51.4 Å². The van der Waals surface area contributed by atoms with E-state index in [2.05, 4.69) is 0 Å². The van der Waals surface area contributed by atoms with E-state index in [0.29, 0.717) is 5.92 Å². The van der Waals surface area contributed by atoms with Crippen molar-refractivity contribution in [2.45, 2.75) is 33.3 Å². The average molecular weight is 142 g/mol. The summed E-state index contributed by atoms with van der Waals surface area (Å²) in [5, 5.41) is 8.94. The van der Waals surface area contributed by atoms with Crippen molar-refractivity contribution in [3.05, 3.63) is 0 Å². The van der Waals surface area contributed by atoms with Crippen LogP contribution in [0.2, 0.25) is 0 Å². The van der Waals surface area contributed by atoms with Crippen LogP contribution in [0, 0.1) is 5.92 Å². The van der Waals surface area contributed by atoms with E-state index in [0.717, 1.165) is 6.42 Å².